The van der Waals surface area contributed by atoms with Crippen molar-refractivity contribution >= 4 is 39.9 Å². The Labute approximate surface area is 193 Å². The Hall–Kier alpha value is -4.32. The highest BCUT2D eigenvalue weighted by atomic mass is 16.2. The number of rotatable bonds is 5. The molecule has 0 aromatic heterocycles. The van der Waals surface area contributed by atoms with E-state index in [1.165, 1.54) is 5.56 Å². The van der Waals surface area contributed by atoms with Crippen LogP contribution in [0.2, 0.25) is 0 Å². The zero-order valence-electron chi connectivity index (χ0n) is 18.6. The predicted molar refractivity (Wildman–Crippen MR) is 135 cm³/mol. The second-order valence-corrected chi connectivity index (χ2v) is 7.83. The molecule has 0 unspecified atom stereocenters. The van der Waals surface area contributed by atoms with Crippen LogP contribution < -0.4 is 21.3 Å². The van der Waals surface area contributed by atoms with Gasteiger partial charge in [0, 0.05) is 23.8 Å². The number of fused-ring (bicyclic) bond motifs is 1. The van der Waals surface area contributed by atoms with Gasteiger partial charge < -0.3 is 21.3 Å². The van der Waals surface area contributed by atoms with E-state index in [4.69, 9.17) is 0 Å². The van der Waals surface area contributed by atoms with Crippen LogP contribution in [0.25, 0.3) is 10.8 Å². The average molecular weight is 439 g/mol. The lowest BCUT2D eigenvalue weighted by Gasteiger charge is -2.12. The minimum absolute atomic E-state index is 0.245. The smallest absolute Gasteiger partial charge is 0.323 e. The fourth-order valence-corrected chi connectivity index (χ4v) is 3.70. The summed E-state index contributed by atoms with van der Waals surface area (Å²) < 4.78 is 0. The number of carbonyl (C=O) groups excluding carboxylic acids is 2. The van der Waals surface area contributed by atoms with Crippen LogP contribution in [-0.2, 0) is 6.42 Å². The number of benzene rings is 4. The molecule has 166 valence electrons. The summed E-state index contributed by atoms with van der Waals surface area (Å²) in [7, 11) is 1.58. The van der Waals surface area contributed by atoms with Gasteiger partial charge in [-0.1, -0.05) is 54.6 Å². The molecule has 0 aliphatic heterocycles. The standard InChI is InChI=1S/C27H26N4O2/c1-18-5-3-7-24-23(18)6-4-8-25(24)31-27(33)30-22-15-11-20(12-16-22)17-19-9-13-21(14-10-19)29-26(32)28-2/h3-16H,17H2,1-2H3,(H2,28,29,32)(H2,30,31,33). The third kappa shape index (κ3) is 5.49. The first kappa shape index (κ1) is 21.9. The largest absolute Gasteiger partial charge is 0.341 e. The van der Waals surface area contributed by atoms with E-state index in [2.05, 4.69) is 40.3 Å². The van der Waals surface area contributed by atoms with E-state index in [1.54, 1.807) is 7.05 Å². The van der Waals surface area contributed by atoms with Crippen molar-refractivity contribution in [2.24, 2.45) is 0 Å². The Kier molecular flexibility index (Phi) is 6.55. The van der Waals surface area contributed by atoms with Gasteiger partial charge in [-0.25, -0.2) is 9.59 Å². The molecule has 4 amide bonds. The summed E-state index contributed by atoms with van der Waals surface area (Å²) in [6, 6.07) is 26.9. The van der Waals surface area contributed by atoms with Crippen molar-refractivity contribution in [1.29, 1.82) is 0 Å². The lowest BCUT2D eigenvalue weighted by molar-refractivity contribution is 0.254. The molecule has 0 atom stereocenters. The van der Waals surface area contributed by atoms with Crippen molar-refractivity contribution in [3.8, 4) is 0 Å². The summed E-state index contributed by atoms with van der Waals surface area (Å²) in [5.41, 5.74) is 5.66. The van der Waals surface area contributed by atoms with Gasteiger partial charge in [0.2, 0.25) is 0 Å². The first-order valence-electron chi connectivity index (χ1n) is 10.7. The quantitative estimate of drug-likeness (QED) is 0.302. The maximum atomic E-state index is 12.6. The number of carbonyl (C=O) groups is 2. The van der Waals surface area contributed by atoms with Crippen molar-refractivity contribution in [2.45, 2.75) is 13.3 Å². The summed E-state index contributed by atoms with van der Waals surface area (Å²) in [5, 5.41) is 13.3. The van der Waals surface area contributed by atoms with Gasteiger partial charge in [0.15, 0.2) is 0 Å². The molecule has 0 bridgehead atoms. The minimum Gasteiger partial charge on any atom is -0.341 e. The van der Waals surface area contributed by atoms with Crippen LogP contribution in [0, 0.1) is 6.92 Å². The number of amides is 4. The summed E-state index contributed by atoms with van der Waals surface area (Å²) in [6.07, 6.45) is 0.752. The maximum absolute atomic E-state index is 12.6. The van der Waals surface area contributed by atoms with Gasteiger partial charge in [-0.2, -0.15) is 0 Å². The molecular weight excluding hydrogens is 412 g/mol. The third-order valence-corrected chi connectivity index (χ3v) is 5.45. The first-order valence-corrected chi connectivity index (χ1v) is 10.7. The lowest BCUT2D eigenvalue weighted by atomic mass is 10.0. The zero-order chi connectivity index (χ0) is 23.2. The summed E-state index contributed by atoms with van der Waals surface area (Å²) in [5.74, 6) is 0. The zero-order valence-corrected chi connectivity index (χ0v) is 18.6. The normalized spacial score (nSPS) is 10.5. The molecule has 4 aromatic rings. The Balaban J connectivity index is 1.36. The van der Waals surface area contributed by atoms with E-state index in [1.807, 2.05) is 72.8 Å². The van der Waals surface area contributed by atoms with Crippen LogP contribution in [0.5, 0.6) is 0 Å². The third-order valence-electron chi connectivity index (χ3n) is 5.45. The van der Waals surface area contributed by atoms with E-state index < -0.39 is 0 Å². The fraction of sp³-hybridized carbons (Fsp3) is 0.111. The SMILES string of the molecule is CNC(=O)Nc1ccc(Cc2ccc(NC(=O)Nc3cccc4c(C)cccc34)cc2)cc1. The van der Waals surface area contributed by atoms with E-state index in [0.29, 0.717) is 0 Å². The van der Waals surface area contributed by atoms with Gasteiger partial charge >= 0.3 is 12.1 Å². The molecule has 0 saturated carbocycles. The van der Waals surface area contributed by atoms with Crippen LogP contribution in [0.15, 0.2) is 84.9 Å². The van der Waals surface area contributed by atoms with Crippen LogP contribution in [0.1, 0.15) is 16.7 Å². The van der Waals surface area contributed by atoms with Gasteiger partial charge in [0.25, 0.3) is 0 Å². The van der Waals surface area contributed by atoms with Crippen molar-refractivity contribution in [2.75, 3.05) is 23.0 Å². The highest BCUT2D eigenvalue weighted by molar-refractivity contribution is 6.06. The second kappa shape index (κ2) is 9.87. The van der Waals surface area contributed by atoms with Crippen LogP contribution in [0.3, 0.4) is 0 Å². The van der Waals surface area contributed by atoms with E-state index in [9.17, 15) is 9.59 Å². The molecule has 6 heteroatoms. The van der Waals surface area contributed by atoms with E-state index >= 15 is 0 Å². The topological polar surface area (TPSA) is 82.3 Å². The summed E-state index contributed by atoms with van der Waals surface area (Å²) in [4.78, 5) is 23.9. The number of urea groups is 2. The second-order valence-electron chi connectivity index (χ2n) is 7.83. The van der Waals surface area contributed by atoms with Crippen LogP contribution in [-0.4, -0.2) is 19.1 Å². The number of hydrogen-bond donors (Lipinski definition) is 4. The van der Waals surface area contributed by atoms with Gasteiger partial charge in [0.1, 0.15) is 0 Å². The van der Waals surface area contributed by atoms with Crippen molar-refractivity contribution in [1.82, 2.24) is 5.32 Å². The first-order chi connectivity index (χ1) is 16.0. The predicted octanol–water partition coefficient (Wildman–Crippen LogP) is 6.13. The Morgan fingerprint density at radius 3 is 1.79 bits per heavy atom. The van der Waals surface area contributed by atoms with Gasteiger partial charge in [-0.05, 0) is 65.8 Å². The van der Waals surface area contributed by atoms with Crippen molar-refractivity contribution in [3.05, 3.63) is 102 Å². The Morgan fingerprint density at radius 1 is 0.636 bits per heavy atom. The molecule has 4 rings (SSSR count). The Morgan fingerprint density at radius 2 is 1.18 bits per heavy atom. The molecule has 0 saturated heterocycles. The van der Waals surface area contributed by atoms with Crippen LogP contribution >= 0.6 is 0 Å². The van der Waals surface area contributed by atoms with Gasteiger partial charge in [-0.15, -0.1) is 0 Å². The molecule has 6 nitrogen and oxygen atoms in total. The molecule has 4 N–H and O–H groups in total. The van der Waals surface area contributed by atoms with Gasteiger partial charge in [0.05, 0.1) is 5.69 Å². The molecule has 33 heavy (non-hydrogen) atoms. The molecular formula is C27H26N4O2. The molecule has 0 heterocycles. The molecule has 0 spiro atoms. The molecule has 0 fully saturated rings. The fourth-order valence-electron chi connectivity index (χ4n) is 3.70. The molecule has 0 aliphatic rings. The maximum Gasteiger partial charge on any atom is 0.323 e. The Bertz CT molecular complexity index is 1280. The minimum atomic E-state index is -0.282. The number of aryl methyl sites for hydroxylation is 1. The average Bonchev–Trinajstić information content (AvgIpc) is 2.82. The highest BCUT2D eigenvalue weighted by Gasteiger charge is 2.07. The van der Waals surface area contributed by atoms with Crippen LogP contribution in [0.4, 0.5) is 26.7 Å². The number of anilines is 3. The van der Waals surface area contributed by atoms with Gasteiger partial charge in [-0.3, -0.25) is 0 Å². The number of nitrogens with one attached hydrogen (secondary N) is 4. The monoisotopic (exact) mass is 438 g/mol. The van der Waals surface area contributed by atoms with Crippen molar-refractivity contribution < 1.29 is 9.59 Å². The molecule has 0 aliphatic carbocycles. The molecule has 0 radical (unpaired) electrons. The van der Waals surface area contributed by atoms with E-state index in [-0.39, 0.29) is 12.1 Å². The highest BCUT2D eigenvalue weighted by Crippen LogP contribution is 2.26. The number of hydrogen-bond acceptors (Lipinski definition) is 2. The van der Waals surface area contributed by atoms with E-state index in [0.717, 1.165) is 45.4 Å². The summed E-state index contributed by atoms with van der Waals surface area (Å²) in [6.45, 7) is 2.06. The molecule has 4 aromatic carbocycles. The van der Waals surface area contributed by atoms with Crippen molar-refractivity contribution in [3.63, 3.8) is 0 Å². The lowest BCUT2D eigenvalue weighted by Crippen LogP contribution is -2.24. The summed E-state index contributed by atoms with van der Waals surface area (Å²) >= 11 is 0.